The highest BCUT2D eigenvalue weighted by molar-refractivity contribution is 7.92. The molecule has 132 valence electrons. The molecular weight excluding hydrogens is 377 g/mol. The Labute approximate surface area is 146 Å². The van der Waals surface area contributed by atoms with Crippen molar-refractivity contribution >= 4 is 33.5 Å². The molecule has 2 heterocycles. The Morgan fingerprint density at radius 3 is 2.64 bits per heavy atom. The van der Waals surface area contributed by atoms with Crippen LogP contribution in [0.25, 0.3) is 22.7 Å². The summed E-state index contributed by atoms with van der Waals surface area (Å²) in [6, 6.07) is 6.65. The zero-order chi connectivity index (χ0) is 18.2. The molecule has 2 aromatic heterocycles. The number of nitrogens with zero attached hydrogens (tertiary/aromatic N) is 2. The van der Waals surface area contributed by atoms with Crippen LogP contribution in [0.4, 0.5) is 13.2 Å². The van der Waals surface area contributed by atoms with Crippen molar-refractivity contribution < 1.29 is 26.7 Å². The normalized spacial score (nSPS) is 14.6. The summed E-state index contributed by atoms with van der Waals surface area (Å²) in [6.45, 7) is 1.75. The summed E-state index contributed by atoms with van der Waals surface area (Å²) < 4.78 is 66.9. The van der Waals surface area contributed by atoms with Crippen LogP contribution in [0.3, 0.4) is 0 Å². The van der Waals surface area contributed by atoms with Gasteiger partial charge in [0.1, 0.15) is 11.3 Å². The first-order chi connectivity index (χ1) is 11.8. The van der Waals surface area contributed by atoms with Gasteiger partial charge >= 0.3 is 5.51 Å². The van der Waals surface area contributed by atoms with E-state index in [-0.39, 0.29) is 22.7 Å². The largest absolute Gasteiger partial charge is 0.611 e. The van der Waals surface area contributed by atoms with E-state index in [1.54, 1.807) is 19.1 Å². The van der Waals surface area contributed by atoms with Gasteiger partial charge < -0.3 is 13.5 Å². The van der Waals surface area contributed by atoms with E-state index in [2.05, 4.69) is 9.97 Å². The van der Waals surface area contributed by atoms with E-state index in [0.717, 1.165) is 12.1 Å². The van der Waals surface area contributed by atoms with Crippen LogP contribution in [-0.2, 0) is 22.4 Å². The lowest BCUT2D eigenvalue weighted by molar-refractivity contribution is -0.0435. The molecule has 1 aromatic carbocycles. The quantitative estimate of drug-likeness (QED) is 0.637. The predicted octanol–water partition coefficient (Wildman–Crippen LogP) is 3.64. The smallest absolute Gasteiger partial charge is 0.578 e. The highest BCUT2D eigenvalue weighted by Gasteiger charge is 2.46. The molecule has 3 aromatic rings. The summed E-state index contributed by atoms with van der Waals surface area (Å²) >= 11 is -4.46. The lowest BCUT2D eigenvalue weighted by atomic mass is 10.3. The Balaban J connectivity index is 2.06. The summed E-state index contributed by atoms with van der Waals surface area (Å²) in [5.41, 5.74) is -4.26. The number of hydrogen-bond acceptors (Lipinski definition) is 5. The van der Waals surface area contributed by atoms with Gasteiger partial charge in [-0.1, -0.05) is 0 Å². The first-order valence-electron chi connectivity index (χ1n) is 7.04. The van der Waals surface area contributed by atoms with Crippen molar-refractivity contribution in [2.45, 2.75) is 22.2 Å². The average Bonchev–Trinajstić information content (AvgIpc) is 3.02. The molecule has 2 unspecified atom stereocenters. The fourth-order valence-corrected chi connectivity index (χ4v) is 3.72. The van der Waals surface area contributed by atoms with Crippen LogP contribution in [0.5, 0.6) is 0 Å². The summed E-state index contributed by atoms with van der Waals surface area (Å²) in [6.07, 6.45) is 1.48. The van der Waals surface area contributed by atoms with Gasteiger partial charge in [0.15, 0.2) is 21.1 Å². The van der Waals surface area contributed by atoms with Crippen LogP contribution in [0.2, 0.25) is 0 Å². The minimum atomic E-state index is -4.85. The van der Waals surface area contributed by atoms with Crippen LogP contribution in [0.1, 0.15) is 6.92 Å². The number of rotatable bonds is 4. The van der Waals surface area contributed by atoms with Crippen LogP contribution >= 0.6 is 0 Å². The maximum absolute atomic E-state index is 12.6. The van der Waals surface area contributed by atoms with Crippen LogP contribution in [0.15, 0.2) is 50.7 Å². The summed E-state index contributed by atoms with van der Waals surface area (Å²) in [5.74, 6) is 0.413. The summed E-state index contributed by atoms with van der Waals surface area (Å²) in [4.78, 5) is 8.25. The maximum atomic E-state index is 12.6. The van der Waals surface area contributed by atoms with E-state index in [1.807, 2.05) is 0 Å². The second-order valence-corrected chi connectivity index (χ2v) is 8.03. The molecule has 0 saturated carbocycles. The number of oxazole rings is 1. The Kier molecular flexibility index (Phi) is 4.96. The fraction of sp³-hybridized carbons (Fsp3) is 0.200. The Morgan fingerprint density at radius 2 is 1.96 bits per heavy atom. The fourth-order valence-electron chi connectivity index (χ4n) is 2.15. The van der Waals surface area contributed by atoms with E-state index >= 15 is 0 Å². The molecule has 2 atom stereocenters. The topological polar surface area (TPSA) is 85.0 Å². The number of halogens is 3. The van der Waals surface area contributed by atoms with Crippen molar-refractivity contribution in [3.63, 3.8) is 0 Å². The van der Waals surface area contributed by atoms with Gasteiger partial charge in [0, 0.05) is 12.3 Å². The third-order valence-electron chi connectivity index (χ3n) is 3.26. The maximum Gasteiger partial charge on any atom is 0.578 e. The lowest BCUT2D eigenvalue weighted by Crippen LogP contribution is -2.23. The molecule has 0 aliphatic heterocycles. The molecular formula is C15H11F3N2O3S2. The van der Waals surface area contributed by atoms with Gasteiger partial charge in [0.05, 0.1) is 11.2 Å². The highest BCUT2D eigenvalue weighted by atomic mass is 32.2. The lowest BCUT2D eigenvalue weighted by Gasteiger charge is -2.11. The summed E-state index contributed by atoms with van der Waals surface area (Å²) in [7, 11) is 0. The number of pyridine rings is 1. The third kappa shape index (κ3) is 3.61. The van der Waals surface area contributed by atoms with Crippen molar-refractivity contribution in [1.82, 2.24) is 9.97 Å². The second-order valence-electron chi connectivity index (χ2n) is 4.85. The zero-order valence-corrected chi connectivity index (χ0v) is 14.4. The van der Waals surface area contributed by atoms with Gasteiger partial charge in [-0.05, 0) is 42.4 Å². The first kappa shape index (κ1) is 18.1. The van der Waals surface area contributed by atoms with E-state index in [4.69, 9.17) is 4.42 Å². The molecule has 0 amide bonds. The highest BCUT2D eigenvalue weighted by Crippen LogP contribution is 2.33. The van der Waals surface area contributed by atoms with Gasteiger partial charge in [-0.25, -0.2) is 9.97 Å². The van der Waals surface area contributed by atoms with E-state index < -0.39 is 32.8 Å². The molecule has 0 spiro atoms. The van der Waals surface area contributed by atoms with E-state index in [9.17, 15) is 22.3 Å². The summed E-state index contributed by atoms with van der Waals surface area (Å²) in [5, 5.41) is 0. The minimum Gasteiger partial charge on any atom is -0.611 e. The van der Waals surface area contributed by atoms with Gasteiger partial charge in [-0.3, -0.25) is 0 Å². The van der Waals surface area contributed by atoms with Gasteiger partial charge in [-0.2, -0.15) is 0 Å². The van der Waals surface area contributed by atoms with Gasteiger partial charge in [0.25, 0.3) is 5.89 Å². The van der Waals surface area contributed by atoms with E-state index in [1.165, 1.54) is 12.3 Å². The molecule has 0 saturated heterocycles. The van der Waals surface area contributed by atoms with Crippen molar-refractivity contribution in [3.8, 4) is 11.6 Å². The Hall–Kier alpha value is -1.75. The molecule has 0 fully saturated rings. The zero-order valence-electron chi connectivity index (χ0n) is 12.7. The van der Waals surface area contributed by atoms with Crippen LogP contribution in [-0.4, -0.2) is 30.3 Å². The predicted molar refractivity (Wildman–Crippen MR) is 86.7 cm³/mol. The molecule has 25 heavy (non-hydrogen) atoms. The molecule has 0 bridgehead atoms. The van der Waals surface area contributed by atoms with Crippen molar-refractivity contribution in [2.24, 2.45) is 0 Å². The number of fused-ring (bicyclic) bond motifs is 1. The molecule has 0 N–H and O–H groups in total. The average molecular weight is 388 g/mol. The van der Waals surface area contributed by atoms with Crippen LogP contribution < -0.4 is 0 Å². The van der Waals surface area contributed by atoms with Gasteiger partial charge in [-0.15, -0.1) is 13.2 Å². The van der Waals surface area contributed by atoms with Gasteiger partial charge in [0.2, 0.25) is 0 Å². The van der Waals surface area contributed by atoms with Crippen molar-refractivity contribution in [3.05, 3.63) is 36.5 Å². The minimum absolute atomic E-state index is 0.0438. The van der Waals surface area contributed by atoms with E-state index in [0.29, 0.717) is 10.6 Å². The third-order valence-corrected chi connectivity index (χ3v) is 5.71. The molecule has 3 rings (SSSR count). The standard InChI is InChI=1S/C15H11F3N2O3S2/c1-2-24(21)12-4-3-7-19-13(12)14-20-10-8-9(5-6-11(10)23-14)25(22)15(16,17)18/h3-8H,2H2,1H3. The van der Waals surface area contributed by atoms with Crippen LogP contribution in [0, 0.1) is 0 Å². The molecule has 0 radical (unpaired) electrons. The van der Waals surface area contributed by atoms with Crippen molar-refractivity contribution in [2.75, 3.05) is 5.75 Å². The number of aromatic nitrogens is 2. The SMILES string of the molecule is CC[S+]([O-])c1cccnc1-c1nc2cc([S+]([O-])C(F)(F)F)ccc2o1. The monoisotopic (exact) mass is 388 g/mol. The van der Waals surface area contributed by atoms with Crippen molar-refractivity contribution in [1.29, 1.82) is 0 Å². The molecule has 0 aliphatic carbocycles. The first-order valence-corrected chi connectivity index (χ1v) is 9.51. The molecule has 5 nitrogen and oxygen atoms in total. The second kappa shape index (κ2) is 6.87. The Morgan fingerprint density at radius 1 is 1.20 bits per heavy atom. The molecule has 0 aliphatic rings. The Bertz CT molecular complexity index is 901. The number of benzene rings is 1. The number of hydrogen-bond donors (Lipinski definition) is 0. The number of alkyl halides is 3. The molecule has 10 heteroatoms.